The highest BCUT2D eigenvalue weighted by Gasteiger charge is 2.24. The fourth-order valence-electron chi connectivity index (χ4n) is 2.67. The molecule has 1 aliphatic rings. The molecule has 0 atom stereocenters. The van der Waals surface area contributed by atoms with Crippen molar-refractivity contribution in [3.8, 4) is 0 Å². The third-order valence-corrected chi connectivity index (χ3v) is 4.50. The summed E-state index contributed by atoms with van der Waals surface area (Å²) >= 11 is 8.15. The number of rotatable bonds is 2. The van der Waals surface area contributed by atoms with Gasteiger partial charge < -0.3 is 10.1 Å². The van der Waals surface area contributed by atoms with Crippen molar-refractivity contribution in [3.63, 3.8) is 0 Å². The highest BCUT2D eigenvalue weighted by Crippen LogP contribution is 2.35. The van der Waals surface area contributed by atoms with E-state index in [0.29, 0.717) is 22.0 Å². The first-order valence-corrected chi connectivity index (χ1v) is 9.70. The quantitative estimate of drug-likeness (QED) is 0.409. The predicted octanol–water partition coefficient (Wildman–Crippen LogP) is 5.78. The SMILES string of the molecule is CC(C)(C)OC(=O)Nc1cc(I)cc(C=C2C(=O)Nc3cc(Cl)ccc32)c1. The van der Waals surface area contributed by atoms with Gasteiger partial charge in [0.15, 0.2) is 0 Å². The smallest absolute Gasteiger partial charge is 0.412 e. The summed E-state index contributed by atoms with van der Waals surface area (Å²) in [6.45, 7) is 5.42. The lowest BCUT2D eigenvalue weighted by Gasteiger charge is -2.19. The Balaban J connectivity index is 1.90. The van der Waals surface area contributed by atoms with Crippen LogP contribution in [0.3, 0.4) is 0 Å². The van der Waals surface area contributed by atoms with Gasteiger partial charge in [0, 0.05) is 25.4 Å². The number of fused-ring (bicyclic) bond motifs is 1. The number of hydrogen-bond acceptors (Lipinski definition) is 3. The van der Waals surface area contributed by atoms with Crippen LogP contribution in [0.4, 0.5) is 16.2 Å². The maximum atomic E-state index is 12.3. The van der Waals surface area contributed by atoms with Crippen LogP contribution in [-0.2, 0) is 9.53 Å². The Morgan fingerprint density at radius 2 is 1.96 bits per heavy atom. The fourth-order valence-corrected chi connectivity index (χ4v) is 3.53. The van der Waals surface area contributed by atoms with Crippen molar-refractivity contribution in [1.29, 1.82) is 0 Å². The highest BCUT2D eigenvalue weighted by molar-refractivity contribution is 14.1. The Morgan fingerprint density at radius 1 is 1.22 bits per heavy atom. The summed E-state index contributed by atoms with van der Waals surface area (Å²) in [4.78, 5) is 24.4. The van der Waals surface area contributed by atoms with Gasteiger partial charge in [-0.2, -0.15) is 0 Å². The van der Waals surface area contributed by atoms with E-state index in [9.17, 15) is 9.59 Å². The molecule has 1 aliphatic heterocycles. The molecular weight excluding hydrogens is 479 g/mol. The first-order chi connectivity index (χ1) is 12.6. The molecule has 3 rings (SSSR count). The Morgan fingerprint density at radius 3 is 2.67 bits per heavy atom. The molecule has 0 spiro atoms. The van der Waals surface area contributed by atoms with Gasteiger partial charge in [0.2, 0.25) is 0 Å². The Kier molecular flexibility index (Phi) is 5.48. The van der Waals surface area contributed by atoms with Gasteiger partial charge in [0.1, 0.15) is 5.60 Å². The third kappa shape index (κ3) is 5.01. The standard InChI is InChI=1S/C20H18ClIN2O3/c1-20(2,3)27-19(26)23-14-7-11(6-13(22)10-14)8-16-15-5-4-12(21)9-17(15)24-18(16)25/h4-10H,1-3H3,(H,23,26)(H,24,25). The maximum absolute atomic E-state index is 12.3. The molecule has 0 saturated heterocycles. The van der Waals surface area contributed by atoms with E-state index in [2.05, 4.69) is 33.2 Å². The summed E-state index contributed by atoms with van der Waals surface area (Å²) in [5, 5.41) is 6.11. The van der Waals surface area contributed by atoms with Crippen molar-refractivity contribution in [1.82, 2.24) is 0 Å². The number of benzene rings is 2. The average Bonchev–Trinajstić information content (AvgIpc) is 2.79. The first kappa shape index (κ1) is 19.7. The molecule has 2 aromatic rings. The minimum absolute atomic E-state index is 0.187. The summed E-state index contributed by atoms with van der Waals surface area (Å²) in [5.74, 6) is -0.187. The van der Waals surface area contributed by atoms with E-state index in [4.69, 9.17) is 16.3 Å². The molecule has 0 bridgehead atoms. The van der Waals surface area contributed by atoms with E-state index >= 15 is 0 Å². The van der Waals surface area contributed by atoms with E-state index < -0.39 is 11.7 Å². The van der Waals surface area contributed by atoms with Crippen LogP contribution in [0.2, 0.25) is 5.02 Å². The normalized spacial score (nSPS) is 14.7. The van der Waals surface area contributed by atoms with E-state index in [1.807, 2.05) is 18.2 Å². The highest BCUT2D eigenvalue weighted by atomic mass is 127. The van der Waals surface area contributed by atoms with Crippen molar-refractivity contribution >= 4 is 69.2 Å². The zero-order valence-electron chi connectivity index (χ0n) is 15.0. The molecule has 1 heterocycles. The molecule has 0 saturated carbocycles. The first-order valence-electron chi connectivity index (χ1n) is 8.24. The van der Waals surface area contributed by atoms with Gasteiger partial charge in [0.05, 0.1) is 5.69 Å². The molecule has 140 valence electrons. The van der Waals surface area contributed by atoms with E-state index in [1.165, 1.54) is 0 Å². The zero-order valence-corrected chi connectivity index (χ0v) is 17.9. The molecule has 2 aromatic carbocycles. The molecular formula is C20H18ClIN2O3. The number of carbonyl (C=O) groups excluding carboxylic acids is 2. The lowest BCUT2D eigenvalue weighted by molar-refractivity contribution is -0.110. The molecule has 0 fully saturated rings. The second kappa shape index (κ2) is 7.52. The Bertz CT molecular complexity index is 964. The number of amides is 2. The Labute approximate surface area is 176 Å². The van der Waals surface area contributed by atoms with Crippen molar-refractivity contribution in [2.45, 2.75) is 26.4 Å². The van der Waals surface area contributed by atoms with E-state index in [1.54, 1.807) is 45.0 Å². The number of carbonyl (C=O) groups is 2. The Hall–Kier alpha value is -2.06. The lowest BCUT2D eigenvalue weighted by atomic mass is 10.0. The number of hydrogen-bond donors (Lipinski definition) is 2. The second-order valence-electron chi connectivity index (χ2n) is 7.10. The average molecular weight is 497 g/mol. The molecule has 0 radical (unpaired) electrons. The minimum Gasteiger partial charge on any atom is -0.444 e. The molecule has 2 amide bonds. The van der Waals surface area contributed by atoms with Crippen LogP contribution < -0.4 is 10.6 Å². The molecule has 2 N–H and O–H groups in total. The monoisotopic (exact) mass is 496 g/mol. The second-order valence-corrected chi connectivity index (χ2v) is 8.78. The van der Waals surface area contributed by atoms with Crippen LogP contribution in [0, 0.1) is 3.57 Å². The number of nitrogens with one attached hydrogen (secondary N) is 2. The van der Waals surface area contributed by atoms with E-state index in [-0.39, 0.29) is 5.91 Å². The van der Waals surface area contributed by atoms with Crippen LogP contribution in [-0.4, -0.2) is 17.6 Å². The molecule has 5 nitrogen and oxygen atoms in total. The summed E-state index contributed by atoms with van der Waals surface area (Å²) in [5.41, 5.74) is 2.84. The minimum atomic E-state index is -0.580. The van der Waals surface area contributed by atoms with Crippen molar-refractivity contribution in [3.05, 3.63) is 56.1 Å². The van der Waals surface area contributed by atoms with Gasteiger partial charge in [-0.05, 0) is 85.3 Å². The number of ether oxygens (including phenoxy) is 1. The largest absolute Gasteiger partial charge is 0.444 e. The summed E-state index contributed by atoms with van der Waals surface area (Å²) in [7, 11) is 0. The van der Waals surface area contributed by atoms with Crippen LogP contribution in [0.15, 0.2) is 36.4 Å². The summed E-state index contributed by atoms with van der Waals surface area (Å²) in [6.07, 6.45) is 1.26. The topological polar surface area (TPSA) is 67.4 Å². The van der Waals surface area contributed by atoms with Gasteiger partial charge in [-0.3, -0.25) is 10.1 Å². The maximum Gasteiger partial charge on any atom is 0.412 e. The lowest BCUT2D eigenvalue weighted by Crippen LogP contribution is -2.27. The van der Waals surface area contributed by atoms with Gasteiger partial charge in [-0.15, -0.1) is 0 Å². The predicted molar refractivity (Wildman–Crippen MR) is 117 cm³/mol. The van der Waals surface area contributed by atoms with Crippen molar-refractivity contribution in [2.75, 3.05) is 10.6 Å². The number of anilines is 2. The molecule has 0 aliphatic carbocycles. The number of halogens is 2. The van der Waals surface area contributed by atoms with E-state index in [0.717, 1.165) is 14.7 Å². The third-order valence-electron chi connectivity index (χ3n) is 3.64. The van der Waals surface area contributed by atoms with Gasteiger partial charge >= 0.3 is 6.09 Å². The van der Waals surface area contributed by atoms with Crippen LogP contribution >= 0.6 is 34.2 Å². The molecule has 7 heteroatoms. The molecule has 0 unspecified atom stereocenters. The van der Waals surface area contributed by atoms with Crippen LogP contribution in [0.1, 0.15) is 31.9 Å². The zero-order chi connectivity index (χ0) is 19.8. The van der Waals surface area contributed by atoms with Gasteiger partial charge in [0.25, 0.3) is 5.91 Å². The fraction of sp³-hybridized carbons (Fsp3) is 0.200. The van der Waals surface area contributed by atoms with Gasteiger partial charge in [-0.1, -0.05) is 17.7 Å². The molecule has 27 heavy (non-hydrogen) atoms. The van der Waals surface area contributed by atoms with Crippen LogP contribution in [0.25, 0.3) is 11.6 Å². The summed E-state index contributed by atoms with van der Waals surface area (Å²) in [6, 6.07) is 10.8. The van der Waals surface area contributed by atoms with Gasteiger partial charge in [-0.25, -0.2) is 4.79 Å². The van der Waals surface area contributed by atoms with Crippen molar-refractivity contribution in [2.24, 2.45) is 0 Å². The van der Waals surface area contributed by atoms with Crippen molar-refractivity contribution < 1.29 is 14.3 Å². The summed E-state index contributed by atoms with van der Waals surface area (Å²) < 4.78 is 6.20. The van der Waals surface area contributed by atoms with Crippen LogP contribution in [0.5, 0.6) is 0 Å². The molecule has 0 aromatic heterocycles.